The number of aryl methyl sites for hydroxylation is 2. The maximum Gasteiger partial charge on any atom is 0.138 e. The molecule has 4 nitrogen and oxygen atoms in total. The zero-order valence-corrected chi connectivity index (χ0v) is 13.8. The molecule has 1 N–H and O–H groups in total. The summed E-state index contributed by atoms with van der Waals surface area (Å²) in [5, 5.41) is 7.77. The number of aromatic nitrogens is 3. The average Bonchev–Trinajstić information content (AvgIpc) is 2.83. The van der Waals surface area contributed by atoms with Crippen molar-refractivity contribution in [3.05, 3.63) is 46.0 Å². The van der Waals surface area contributed by atoms with Crippen LogP contribution in [-0.2, 0) is 13.5 Å². The van der Waals surface area contributed by atoms with Gasteiger partial charge in [-0.25, -0.2) is 4.98 Å². The van der Waals surface area contributed by atoms with E-state index in [1.165, 1.54) is 11.1 Å². The van der Waals surface area contributed by atoms with Crippen molar-refractivity contribution in [2.24, 2.45) is 7.05 Å². The van der Waals surface area contributed by atoms with E-state index in [1.54, 1.807) is 6.33 Å². The van der Waals surface area contributed by atoms with Crippen LogP contribution in [0.5, 0.6) is 0 Å². The zero-order chi connectivity index (χ0) is 14.5. The third kappa shape index (κ3) is 3.67. The molecule has 0 spiro atoms. The Morgan fingerprint density at radius 2 is 2.20 bits per heavy atom. The number of halogens is 1. The highest BCUT2D eigenvalue weighted by Crippen LogP contribution is 2.24. The van der Waals surface area contributed by atoms with Gasteiger partial charge in [0.05, 0.1) is 0 Å². The standard InChI is InChI=1S/C15H21BrN4/c1-4-7-17-14(9-15-18-10-19-20(15)3)13-8-12(16)6-5-11(13)2/h5-6,8,10,14,17H,4,7,9H2,1-3H3. The maximum atomic E-state index is 4.34. The molecule has 0 saturated carbocycles. The molecule has 108 valence electrons. The number of rotatable bonds is 6. The molecule has 1 aromatic heterocycles. The molecule has 20 heavy (non-hydrogen) atoms. The zero-order valence-electron chi connectivity index (χ0n) is 12.2. The highest BCUT2D eigenvalue weighted by atomic mass is 79.9. The SMILES string of the molecule is CCCNC(Cc1ncnn1C)c1cc(Br)ccc1C. The summed E-state index contributed by atoms with van der Waals surface area (Å²) >= 11 is 3.56. The molecule has 0 bridgehead atoms. The van der Waals surface area contributed by atoms with Gasteiger partial charge in [-0.15, -0.1) is 0 Å². The topological polar surface area (TPSA) is 42.7 Å². The first-order valence-electron chi connectivity index (χ1n) is 6.94. The van der Waals surface area contributed by atoms with Crippen molar-refractivity contribution in [2.75, 3.05) is 6.54 Å². The van der Waals surface area contributed by atoms with E-state index in [0.29, 0.717) is 0 Å². The number of nitrogens with zero attached hydrogens (tertiary/aromatic N) is 3. The lowest BCUT2D eigenvalue weighted by Crippen LogP contribution is -2.26. The Hall–Kier alpha value is -1.20. The lowest BCUT2D eigenvalue weighted by molar-refractivity contribution is 0.504. The van der Waals surface area contributed by atoms with Crippen LogP contribution in [0.25, 0.3) is 0 Å². The van der Waals surface area contributed by atoms with Crippen LogP contribution >= 0.6 is 15.9 Å². The minimum absolute atomic E-state index is 0.260. The Balaban J connectivity index is 2.27. The van der Waals surface area contributed by atoms with Crippen LogP contribution in [0.2, 0.25) is 0 Å². The molecular weight excluding hydrogens is 316 g/mol. The van der Waals surface area contributed by atoms with Gasteiger partial charge in [-0.1, -0.05) is 28.9 Å². The summed E-state index contributed by atoms with van der Waals surface area (Å²) in [7, 11) is 1.94. The van der Waals surface area contributed by atoms with Crippen LogP contribution in [0.15, 0.2) is 29.0 Å². The van der Waals surface area contributed by atoms with Gasteiger partial charge in [0.25, 0.3) is 0 Å². The Morgan fingerprint density at radius 3 is 2.85 bits per heavy atom. The van der Waals surface area contributed by atoms with Gasteiger partial charge in [-0.2, -0.15) is 5.10 Å². The molecule has 0 amide bonds. The molecule has 1 unspecified atom stereocenters. The van der Waals surface area contributed by atoms with E-state index in [2.05, 4.69) is 63.4 Å². The predicted molar refractivity (Wildman–Crippen MR) is 84.6 cm³/mol. The molecule has 0 fully saturated rings. The first-order valence-corrected chi connectivity index (χ1v) is 7.73. The van der Waals surface area contributed by atoms with Crippen molar-refractivity contribution < 1.29 is 0 Å². The average molecular weight is 337 g/mol. The largest absolute Gasteiger partial charge is 0.310 e. The van der Waals surface area contributed by atoms with Crippen molar-refractivity contribution in [2.45, 2.75) is 32.7 Å². The second-order valence-corrected chi connectivity index (χ2v) is 5.93. The third-order valence-corrected chi connectivity index (χ3v) is 3.94. The molecule has 0 saturated heterocycles. The van der Waals surface area contributed by atoms with Gasteiger partial charge in [0.15, 0.2) is 0 Å². The van der Waals surface area contributed by atoms with Gasteiger partial charge < -0.3 is 5.32 Å². The number of hydrogen-bond acceptors (Lipinski definition) is 3. The minimum atomic E-state index is 0.260. The highest BCUT2D eigenvalue weighted by Gasteiger charge is 2.16. The predicted octanol–water partition coefficient (Wildman–Crippen LogP) is 3.17. The van der Waals surface area contributed by atoms with E-state index >= 15 is 0 Å². The molecule has 1 aromatic carbocycles. The van der Waals surface area contributed by atoms with Crippen LogP contribution < -0.4 is 5.32 Å². The molecule has 0 aliphatic heterocycles. The Kier molecular flexibility index (Phi) is 5.31. The van der Waals surface area contributed by atoms with Gasteiger partial charge in [0, 0.05) is 24.0 Å². The summed E-state index contributed by atoms with van der Waals surface area (Å²) in [5.74, 6) is 0.998. The van der Waals surface area contributed by atoms with Gasteiger partial charge in [-0.05, 0) is 43.1 Å². The van der Waals surface area contributed by atoms with Crippen LogP contribution in [0.4, 0.5) is 0 Å². The summed E-state index contributed by atoms with van der Waals surface area (Å²) in [6.45, 7) is 5.33. The molecular formula is C15H21BrN4. The number of nitrogens with one attached hydrogen (secondary N) is 1. The quantitative estimate of drug-likeness (QED) is 0.880. The van der Waals surface area contributed by atoms with Crippen molar-refractivity contribution in [1.82, 2.24) is 20.1 Å². The summed E-state index contributed by atoms with van der Waals surface area (Å²) in [5.41, 5.74) is 2.61. The molecule has 5 heteroatoms. The molecule has 0 aliphatic carbocycles. The molecule has 0 aliphatic rings. The van der Waals surface area contributed by atoms with E-state index in [4.69, 9.17) is 0 Å². The Morgan fingerprint density at radius 1 is 1.40 bits per heavy atom. The second kappa shape index (κ2) is 6.99. The summed E-state index contributed by atoms with van der Waals surface area (Å²) < 4.78 is 2.95. The summed E-state index contributed by atoms with van der Waals surface area (Å²) in [6.07, 6.45) is 3.57. The van der Waals surface area contributed by atoms with Crippen LogP contribution in [-0.4, -0.2) is 21.3 Å². The number of hydrogen-bond donors (Lipinski definition) is 1. The third-order valence-electron chi connectivity index (χ3n) is 3.45. The number of benzene rings is 1. The van der Waals surface area contributed by atoms with Crippen LogP contribution in [0.3, 0.4) is 0 Å². The van der Waals surface area contributed by atoms with E-state index in [-0.39, 0.29) is 6.04 Å². The molecule has 1 atom stereocenters. The lowest BCUT2D eigenvalue weighted by atomic mass is 9.98. The molecule has 0 radical (unpaired) electrons. The molecule has 2 rings (SSSR count). The van der Waals surface area contributed by atoms with Gasteiger partial charge >= 0.3 is 0 Å². The van der Waals surface area contributed by atoms with E-state index in [0.717, 1.165) is 29.7 Å². The first kappa shape index (κ1) is 15.2. The maximum absolute atomic E-state index is 4.34. The normalized spacial score (nSPS) is 12.6. The fourth-order valence-electron chi connectivity index (χ4n) is 2.28. The van der Waals surface area contributed by atoms with Crippen molar-refractivity contribution >= 4 is 15.9 Å². The smallest absolute Gasteiger partial charge is 0.138 e. The fraction of sp³-hybridized carbons (Fsp3) is 0.467. The summed E-state index contributed by atoms with van der Waals surface area (Å²) in [6, 6.07) is 6.68. The van der Waals surface area contributed by atoms with Crippen LogP contribution in [0, 0.1) is 6.92 Å². The molecule has 1 heterocycles. The van der Waals surface area contributed by atoms with Crippen molar-refractivity contribution in [3.8, 4) is 0 Å². The Labute approximate surface area is 128 Å². The van der Waals surface area contributed by atoms with E-state index < -0.39 is 0 Å². The van der Waals surface area contributed by atoms with Crippen LogP contribution in [0.1, 0.15) is 36.3 Å². The minimum Gasteiger partial charge on any atom is -0.310 e. The van der Waals surface area contributed by atoms with Gasteiger partial charge in [0.1, 0.15) is 12.2 Å². The second-order valence-electron chi connectivity index (χ2n) is 5.01. The van der Waals surface area contributed by atoms with E-state index in [9.17, 15) is 0 Å². The summed E-state index contributed by atoms with van der Waals surface area (Å²) in [4.78, 5) is 4.34. The van der Waals surface area contributed by atoms with Gasteiger partial charge in [0.2, 0.25) is 0 Å². The fourth-order valence-corrected chi connectivity index (χ4v) is 2.66. The van der Waals surface area contributed by atoms with Crippen molar-refractivity contribution in [3.63, 3.8) is 0 Å². The lowest BCUT2D eigenvalue weighted by Gasteiger charge is -2.21. The first-order chi connectivity index (χ1) is 9.61. The van der Waals surface area contributed by atoms with Gasteiger partial charge in [-0.3, -0.25) is 4.68 Å². The molecule has 2 aromatic rings. The van der Waals surface area contributed by atoms with E-state index in [1.807, 2.05) is 11.7 Å². The van der Waals surface area contributed by atoms with Crippen molar-refractivity contribution in [1.29, 1.82) is 0 Å². The monoisotopic (exact) mass is 336 g/mol. The highest BCUT2D eigenvalue weighted by molar-refractivity contribution is 9.10. The Bertz CT molecular complexity index is 565.